The van der Waals surface area contributed by atoms with Crippen LogP contribution in [0.3, 0.4) is 0 Å². The van der Waals surface area contributed by atoms with Crippen LogP contribution in [0.25, 0.3) is 22.4 Å². The fraction of sp³-hybridized carbons (Fsp3) is 0.500. The first kappa shape index (κ1) is 34.1. The van der Waals surface area contributed by atoms with E-state index >= 15 is 0 Å². The standard InChI is InChI=1S/C26H35N5O6S.H2O4S/c1-5-7-19-17-29(4)24-23(19)27-25(28-26(24)33)21-16-20(8-9-22(21)36-6-2)38(34,35)31-12-10-30(11-13-31)14-15-37-18(3)32;1-5(2,3)4/h8-9,16-17H,5-7,10-15H2,1-4H3,(H,27,28,33);(H2,1,2,3,4). The molecule has 2 aromatic heterocycles. The number of rotatable bonds is 10. The molecule has 0 aliphatic carbocycles. The Morgan fingerprint density at radius 1 is 1.16 bits per heavy atom. The number of aryl methyl sites for hydroxylation is 2. The number of aromatic amines is 1. The highest BCUT2D eigenvalue weighted by atomic mass is 32.3. The Hall–Kier alpha value is -3.35. The lowest BCUT2D eigenvalue weighted by molar-refractivity contribution is -0.141. The number of hydrogen-bond donors (Lipinski definition) is 2. The first-order valence-electron chi connectivity index (χ1n) is 13.5. The molecule has 0 spiro atoms. The molecule has 1 aliphatic heterocycles. The number of hydrogen-bond acceptors (Lipinski definition) is 11. The topological polar surface area (TPSA) is 204 Å². The Balaban J connectivity index is 0.00000104. The van der Waals surface area contributed by atoms with Gasteiger partial charge in [0.2, 0.25) is 20.4 Å². The predicted octanol–water partition coefficient (Wildman–Crippen LogP) is 1.27. The Bertz CT molecular complexity index is 1710. The third kappa shape index (κ3) is 9.07. The quantitative estimate of drug-likeness (QED) is 0.182. The molecule has 1 saturated heterocycles. The van der Waals surface area contributed by atoms with Gasteiger partial charge in [0.15, 0.2) is 0 Å². The number of nitrogens with one attached hydrogen (secondary N) is 1. The summed E-state index contributed by atoms with van der Waals surface area (Å²) in [4.78, 5) is 33.8. The highest BCUT2D eigenvalue weighted by Crippen LogP contribution is 2.32. The van der Waals surface area contributed by atoms with Gasteiger partial charge in [-0.2, -0.15) is 4.31 Å². The minimum atomic E-state index is -4.92. The number of sulfonamides is 1. The number of ether oxygens (including phenoxy) is 2. The van der Waals surface area contributed by atoms with Crippen LogP contribution >= 0.6 is 0 Å². The van der Waals surface area contributed by atoms with Crippen LogP contribution in [0.2, 0.25) is 0 Å². The lowest BCUT2D eigenvalue weighted by atomic mass is 10.1. The molecule has 3 aromatic rings. The van der Waals surface area contributed by atoms with Gasteiger partial charge in [-0.05, 0) is 37.1 Å². The average Bonchev–Trinajstić information content (AvgIpc) is 3.23. The smallest absolute Gasteiger partial charge is 0.726 e. The van der Waals surface area contributed by atoms with E-state index in [9.17, 15) is 18.0 Å². The van der Waals surface area contributed by atoms with Crippen molar-refractivity contribution >= 4 is 37.4 Å². The largest absolute Gasteiger partial charge is 1.00 e. The highest BCUT2D eigenvalue weighted by Gasteiger charge is 2.29. The minimum absolute atomic E-state index is 0. The van der Waals surface area contributed by atoms with Crippen molar-refractivity contribution in [3.8, 4) is 17.1 Å². The predicted molar refractivity (Wildman–Crippen MR) is 157 cm³/mol. The van der Waals surface area contributed by atoms with Crippen LogP contribution in [-0.2, 0) is 43.4 Å². The summed E-state index contributed by atoms with van der Waals surface area (Å²) in [5.41, 5.74) is 2.17. The summed E-state index contributed by atoms with van der Waals surface area (Å²) >= 11 is 0. The molecule has 15 nitrogen and oxygen atoms in total. The molecule has 0 bridgehead atoms. The fourth-order valence-electron chi connectivity index (χ4n) is 4.75. The molecule has 238 valence electrons. The van der Waals surface area contributed by atoms with E-state index in [0.29, 0.717) is 61.7 Å². The van der Waals surface area contributed by atoms with Gasteiger partial charge in [-0.3, -0.25) is 19.0 Å². The van der Waals surface area contributed by atoms with Crippen molar-refractivity contribution in [2.75, 3.05) is 45.9 Å². The van der Waals surface area contributed by atoms with Crippen molar-refractivity contribution in [3.05, 3.63) is 40.3 Å². The van der Waals surface area contributed by atoms with Gasteiger partial charge in [0.05, 0.1) is 22.6 Å². The van der Waals surface area contributed by atoms with E-state index < -0.39 is 20.4 Å². The number of piperazine rings is 1. The second kappa shape index (κ2) is 14.4. The molecule has 0 radical (unpaired) electrons. The van der Waals surface area contributed by atoms with Gasteiger partial charge in [0, 0.05) is 52.9 Å². The van der Waals surface area contributed by atoms with E-state index in [1.54, 1.807) is 10.6 Å². The molecule has 43 heavy (non-hydrogen) atoms. The molecule has 0 amide bonds. The Morgan fingerprint density at radius 3 is 2.40 bits per heavy atom. The zero-order valence-corrected chi connectivity index (χ0v) is 26.0. The summed E-state index contributed by atoms with van der Waals surface area (Å²) < 4.78 is 74.0. The van der Waals surface area contributed by atoms with Crippen molar-refractivity contribution < 1.29 is 41.6 Å². The van der Waals surface area contributed by atoms with Crippen LogP contribution in [-0.4, -0.2) is 102 Å². The van der Waals surface area contributed by atoms with E-state index in [2.05, 4.69) is 16.8 Å². The molecule has 3 heterocycles. The molecular formula is C26H37N5O10S2. The van der Waals surface area contributed by atoms with Gasteiger partial charge in [-0.25, -0.2) is 21.8 Å². The molecule has 2 N–H and O–H groups in total. The Morgan fingerprint density at radius 2 is 1.81 bits per heavy atom. The number of nitrogens with zero attached hydrogens (tertiary/aromatic N) is 4. The van der Waals surface area contributed by atoms with Crippen molar-refractivity contribution in [1.82, 2.24) is 23.7 Å². The number of carbonyl (C=O) groups excluding carboxylic acids is 1. The van der Waals surface area contributed by atoms with E-state index in [-0.39, 0.29) is 30.3 Å². The number of benzene rings is 1. The van der Waals surface area contributed by atoms with Crippen LogP contribution < -0.4 is 10.3 Å². The average molecular weight is 644 g/mol. The van der Waals surface area contributed by atoms with Crippen LogP contribution in [0.5, 0.6) is 5.75 Å². The van der Waals surface area contributed by atoms with Crippen LogP contribution in [0.15, 0.2) is 34.1 Å². The molecule has 1 aromatic carbocycles. The third-order valence-electron chi connectivity index (χ3n) is 6.61. The molecule has 0 unspecified atom stereocenters. The van der Waals surface area contributed by atoms with Gasteiger partial charge in [-0.1, -0.05) is 13.3 Å². The normalized spacial score (nSPS) is 14.7. The zero-order valence-electron chi connectivity index (χ0n) is 25.4. The second-order valence-corrected chi connectivity index (χ2v) is 12.5. The van der Waals surface area contributed by atoms with E-state index in [1.807, 2.05) is 20.2 Å². The van der Waals surface area contributed by atoms with Crippen molar-refractivity contribution in [2.45, 2.75) is 38.5 Å². The summed E-state index contributed by atoms with van der Waals surface area (Å²) in [6, 6.07) is 4.67. The Labute approximate surface area is 251 Å². The van der Waals surface area contributed by atoms with Gasteiger partial charge in [0.1, 0.15) is 23.7 Å². The molecular weight excluding hydrogens is 606 g/mol. The number of aromatic nitrogens is 3. The fourth-order valence-corrected chi connectivity index (χ4v) is 6.20. The van der Waals surface area contributed by atoms with Gasteiger partial charge < -0.3 is 23.6 Å². The van der Waals surface area contributed by atoms with Crippen LogP contribution in [0, 0.1) is 0 Å². The van der Waals surface area contributed by atoms with E-state index in [0.717, 1.165) is 18.4 Å². The SMILES string of the molecule is CCCc1cn(C)c2c(=O)[nH]c(-c3cc(S(=O)(=O)N4CCN(CCOC(C)=O)CC4)ccc3OCC)nc12.O=S(=O)([O-])O.[H+]. The number of carbonyl (C=O) groups is 1. The first-order valence-corrected chi connectivity index (χ1v) is 16.4. The number of fused-ring (bicyclic) bond motifs is 1. The second-order valence-electron chi connectivity index (χ2n) is 9.73. The van der Waals surface area contributed by atoms with Gasteiger partial charge in [0.25, 0.3) is 5.56 Å². The minimum Gasteiger partial charge on any atom is -0.726 e. The maximum Gasteiger partial charge on any atom is 1.00 e. The lowest BCUT2D eigenvalue weighted by Gasteiger charge is -2.33. The van der Waals surface area contributed by atoms with Crippen molar-refractivity contribution in [1.29, 1.82) is 0 Å². The molecule has 4 rings (SSSR count). The number of esters is 1. The maximum atomic E-state index is 13.6. The summed E-state index contributed by atoms with van der Waals surface area (Å²) in [7, 11) is -6.91. The summed E-state index contributed by atoms with van der Waals surface area (Å²) in [5, 5.41) is 0. The zero-order chi connectivity index (χ0) is 31.9. The van der Waals surface area contributed by atoms with E-state index in [1.165, 1.54) is 23.4 Å². The molecule has 0 saturated carbocycles. The third-order valence-corrected chi connectivity index (χ3v) is 8.50. The number of H-pyrrole nitrogens is 1. The van der Waals surface area contributed by atoms with Crippen molar-refractivity contribution in [3.63, 3.8) is 0 Å². The van der Waals surface area contributed by atoms with Crippen molar-refractivity contribution in [2.24, 2.45) is 7.05 Å². The molecule has 0 atom stereocenters. The van der Waals surface area contributed by atoms with Crippen LogP contribution in [0.4, 0.5) is 0 Å². The summed E-state index contributed by atoms with van der Waals surface area (Å²) in [5.74, 6) is 0.375. The van der Waals surface area contributed by atoms with Gasteiger partial charge >= 0.3 is 7.40 Å². The lowest BCUT2D eigenvalue weighted by Crippen LogP contribution is -2.49. The maximum absolute atomic E-state index is 13.6. The van der Waals surface area contributed by atoms with Gasteiger partial charge in [-0.15, -0.1) is 0 Å². The van der Waals surface area contributed by atoms with E-state index in [4.69, 9.17) is 32.0 Å². The Kier molecular flexibility index (Phi) is 11.4. The monoisotopic (exact) mass is 643 g/mol. The molecule has 17 heteroatoms. The summed E-state index contributed by atoms with van der Waals surface area (Å²) in [6.45, 7) is 8.17. The molecule has 1 fully saturated rings. The van der Waals surface area contributed by atoms with Crippen LogP contribution in [0.1, 0.15) is 34.2 Å². The highest BCUT2D eigenvalue weighted by molar-refractivity contribution is 7.89. The molecule has 1 aliphatic rings. The first-order chi connectivity index (χ1) is 20.1. The summed E-state index contributed by atoms with van der Waals surface area (Å²) in [6.07, 6.45) is 3.58.